The lowest BCUT2D eigenvalue weighted by Crippen LogP contribution is -2.42. The molecule has 0 saturated carbocycles. The highest BCUT2D eigenvalue weighted by Crippen LogP contribution is 2.09. The third kappa shape index (κ3) is 6.95. The second-order valence-electron chi connectivity index (χ2n) is 6.05. The lowest BCUT2D eigenvalue weighted by molar-refractivity contribution is -0.138. The van der Waals surface area contributed by atoms with Crippen molar-refractivity contribution in [2.45, 2.75) is 13.5 Å². The third-order valence-electron chi connectivity index (χ3n) is 3.90. The minimum Gasteiger partial charge on any atom is -0.452 e. The molecule has 0 heterocycles. The Hall–Kier alpha value is -3.36. The molecule has 0 unspecified atom stereocenters. The zero-order valence-corrected chi connectivity index (χ0v) is 15.6. The van der Waals surface area contributed by atoms with Crippen molar-refractivity contribution in [1.29, 1.82) is 0 Å². The summed E-state index contributed by atoms with van der Waals surface area (Å²) in [6.07, 6.45) is 0. The summed E-state index contributed by atoms with van der Waals surface area (Å²) in [5.41, 5.74) is 0.320. The van der Waals surface area contributed by atoms with E-state index in [1.165, 1.54) is 24.3 Å². The van der Waals surface area contributed by atoms with Gasteiger partial charge in [-0.15, -0.1) is 0 Å². The molecule has 0 spiro atoms. The van der Waals surface area contributed by atoms with Crippen molar-refractivity contribution in [3.05, 3.63) is 71.0 Å². The molecule has 2 aromatic rings. The Balaban J connectivity index is 1.83. The Kier molecular flexibility index (Phi) is 7.76. The Morgan fingerprint density at radius 1 is 0.966 bits per heavy atom. The molecular formula is C20H19F3N2O4. The number of benzene rings is 2. The van der Waals surface area contributed by atoms with Gasteiger partial charge in [-0.1, -0.05) is 12.1 Å². The maximum absolute atomic E-state index is 13.1. The van der Waals surface area contributed by atoms with E-state index in [4.69, 9.17) is 4.74 Å². The van der Waals surface area contributed by atoms with Gasteiger partial charge >= 0.3 is 5.97 Å². The number of halogens is 3. The lowest BCUT2D eigenvalue weighted by Gasteiger charge is -2.20. The molecule has 2 aromatic carbocycles. The minimum atomic E-state index is -1.06. The van der Waals surface area contributed by atoms with E-state index < -0.39 is 41.8 Å². The molecule has 29 heavy (non-hydrogen) atoms. The summed E-state index contributed by atoms with van der Waals surface area (Å²) in [5, 5.41) is 2.59. The molecule has 0 fully saturated rings. The molecule has 0 aliphatic carbocycles. The van der Waals surface area contributed by atoms with Crippen LogP contribution in [-0.4, -0.2) is 42.4 Å². The van der Waals surface area contributed by atoms with Crippen molar-refractivity contribution in [1.82, 2.24) is 10.2 Å². The van der Waals surface area contributed by atoms with Gasteiger partial charge in [0.1, 0.15) is 17.5 Å². The molecule has 2 rings (SSSR count). The van der Waals surface area contributed by atoms with Gasteiger partial charge in [-0.25, -0.2) is 18.0 Å². The fourth-order valence-corrected chi connectivity index (χ4v) is 2.38. The van der Waals surface area contributed by atoms with Crippen LogP contribution in [0.1, 0.15) is 22.8 Å². The smallest absolute Gasteiger partial charge is 0.338 e. The highest BCUT2D eigenvalue weighted by molar-refractivity contribution is 5.92. The van der Waals surface area contributed by atoms with Crippen molar-refractivity contribution in [3.63, 3.8) is 0 Å². The van der Waals surface area contributed by atoms with E-state index in [1.807, 2.05) is 0 Å². The van der Waals surface area contributed by atoms with Crippen LogP contribution in [0.5, 0.6) is 0 Å². The number of rotatable bonds is 8. The van der Waals surface area contributed by atoms with Crippen LogP contribution in [0.2, 0.25) is 0 Å². The molecule has 0 atom stereocenters. The topological polar surface area (TPSA) is 75.7 Å². The molecule has 154 valence electrons. The van der Waals surface area contributed by atoms with Crippen LogP contribution >= 0.6 is 0 Å². The highest BCUT2D eigenvalue weighted by atomic mass is 19.1. The van der Waals surface area contributed by atoms with Gasteiger partial charge in [0, 0.05) is 19.2 Å². The number of carbonyl (C=O) groups excluding carboxylic acids is 3. The fourth-order valence-electron chi connectivity index (χ4n) is 2.38. The maximum atomic E-state index is 13.1. The molecule has 0 aliphatic rings. The summed E-state index contributed by atoms with van der Waals surface area (Å²) in [7, 11) is 0. The highest BCUT2D eigenvalue weighted by Gasteiger charge is 2.18. The van der Waals surface area contributed by atoms with Crippen LogP contribution < -0.4 is 5.32 Å². The number of amides is 2. The molecule has 0 bridgehead atoms. The lowest BCUT2D eigenvalue weighted by atomic mass is 10.2. The normalized spacial score (nSPS) is 10.3. The number of carbonyl (C=O) groups is 3. The Bertz CT molecular complexity index is 868. The van der Waals surface area contributed by atoms with E-state index in [0.717, 1.165) is 17.0 Å². The molecule has 1 N–H and O–H groups in total. The average Bonchev–Trinajstić information content (AvgIpc) is 2.68. The summed E-state index contributed by atoms with van der Waals surface area (Å²) < 4.78 is 43.9. The number of esters is 1. The van der Waals surface area contributed by atoms with Crippen molar-refractivity contribution >= 4 is 17.8 Å². The number of hydrogen-bond donors (Lipinski definition) is 1. The standard InChI is InChI=1S/C20H19F3N2O4/c1-2-25(11-18(26)24-10-13-3-5-15(21)6-4-13)19(27)12-29-20(28)14-7-16(22)9-17(23)8-14/h3-9H,2,10-12H2,1H3,(H,24,26). The first kappa shape index (κ1) is 21.9. The number of nitrogens with one attached hydrogen (secondary N) is 1. The quantitative estimate of drug-likeness (QED) is 0.681. The van der Waals surface area contributed by atoms with Crippen molar-refractivity contribution in [2.75, 3.05) is 19.7 Å². The van der Waals surface area contributed by atoms with Crippen LogP contribution in [0.4, 0.5) is 13.2 Å². The van der Waals surface area contributed by atoms with Crippen LogP contribution in [-0.2, 0) is 20.9 Å². The Morgan fingerprint density at radius 2 is 1.59 bits per heavy atom. The zero-order valence-electron chi connectivity index (χ0n) is 15.6. The van der Waals surface area contributed by atoms with E-state index in [-0.39, 0.29) is 25.2 Å². The number of ether oxygens (including phenoxy) is 1. The van der Waals surface area contributed by atoms with Gasteiger partial charge in [0.2, 0.25) is 5.91 Å². The minimum absolute atomic E-state index is 0.158. The summed E-state index contributed by atoms with van der Waals surface area (Å²) >= 11 is 0. The van der Waals surface area contributed by atoms with Gasteiger partial charge in [-0.2, -0.15) is 0 Å². The van der Waals surface area contributed by atoms with Crippen LogP contribution in [0, 0.1) is 17.5 Å². The third-order valence-corrected chi connectivity index (χ3v) is 3.90. The Labute approximate surface area is 165 Å². The van der Waals surface area contributed by atoms with E-state index in [2.05, 4.69) is 5.32 Å². The van der Waals surface area contributed by atoms with Gasteiger partial charge in [-0.05, 0) is 36.8 Å². The summed E-state index contributed by atoms with van der Waals surface area (Å²) in [4.78, 5) is 37.2. The first-order valence-electron chi connectivity index (χ1n) is 8.70. The predicted molar refractivity (Wildman–Crippen MR) is 97.1 cm³/mol. The SMILES string of the molecule is CCN(CC(=O)NCc1ccc(F)cc1)C(=O)COC(=O)c1cc(F)cc(F)c1. The molecule has 0 aliphatic heterocycles. The molecular weight excluding hydrogens is 389 g/mol. The second kappa shape index (κ2) is 10.3. The Morgan fingerprint density at radius 3 is 2.17 bits per heavy atom. The molecule has 0 radical (unpaired) electrons. The van der Waals surface area contributed by atoms with E-state index in [1.54, 1.807) is 6.92 Å². The van der Waals surface area contributed by atoms with Gasteiger partial charge in [0.05, 0.1) is 12.1 Å². The summed E-state index contributed by atoms with van der Waals surface area (Å²) in [5.74, 6) is -4.45. The van der Waals surface area contributed by atoms with Crippen LogP contribution in [0.15, 0.2) is 42.5 Å². The van der Waals surface area contributed by atoms with Crippen LogP contribution in [0.25, 0.3) is 0 Å². The number of hydrogen-bond acceptors (Lipinski definition) is 4. The molecule has 6 nitrogen and oxygen atoms in total. The first-order valence-corrected chi connectivity index (χ1v) is 8.70. The van der Waals surface area contributed by atoms with Gasteiger partial charge in [-0.3, -0.25) is 9.59 Å². The number of likely N-dealkylation sites (N-methyl/N-ethyl adjacent to an activating group) is 1. The molecule has 0 aromatic heterocycles. The fraction of sp³-hybridized carbons (Fsp3) is 0.250. The van der Waals surface area contributed by atoms with E-state index in [0.29, 0.717) is 11.6 Å². The largest absolute Gasteiger partial charge is 0.452 e. The monoisotopic (exact) mass is 408 g/mol. The van der Waals surface area contributed by atoms with Crippen molar-refractivity contribution in [3.8, 4) is 0 Å². The van der Waals surface area contributed by atoms with E-state index >= 15 is 0 Å². The van der Waals surface area contributed by atoms with E-state index in [9.17, 15) is 27.6 Å². The average molecular weight is 408 g/mol. The number of nitrogens with zero attached hydrogens (tertiary/aromatic N) is 1. The van der Waals surface area contributed by atoms with Gasteiger partial charge in [0.25, 0.3) is 5.91 Å². The van der Waals surface area contributed by atoms with Gasteiger partial charge in [0.15, 0.2) is 6.61 Å². The van der Waals surface area contributed by atoms with Crippen LogP contribution in [0.3, 0.4) is 0 Å². The summed E-state index contributed by atoms with van der Waals surface area (Å²) in [6.45, 7) is 1.01. The second-order valence-corrected chi connectivity index (χ2v) is 6.05. The maximum Gasteiger partial charge on any atom is 0.338 e. The predicted octanol–water partition coefficient (Wildman–Crippen LogP) is 2.43. The zero-order chi connectivity index (χ0) is 21.4. The molecule has 0 saturated heterocycles. The molecule has 9 heteroatoms. The van der Waals surface area contributed by atoms with Gasteiger partial charge < -0.3 is 15.0 Å². The first-order chi connectivity index (χ1) is 13.8. The molecule has 2 amide bonds. The van der Waals surface area contributed by atoms with Crippen molar-refractivity contribution < 1.29 is 32.3 Å². The summed E-state index contributed by atoms with van der Waals surface area (Å²) in [6, 6.07) is 7.75. The van der Waals surface area contributed by atoms with Crippen molar-refractivity contribution in [2.24, 2.45) is 0 Å².